The highest BCUT2D eigenvalue weighted by molar-refractivity contribution is 7.90. The first-order valence-corrected chi connectivity index (χ1v) is 9.65. The van der Waals surface area contributed by atoms with Gasteiger partial charge in [0.15, 0.2) is 0 Å². The first-order chi connectivity index (χ1) is 11.1. The Kier molecular flexibility index (Phi) is 5.56. The fourth-order valence-electron chi connectivity index (χ4n) is 3.28. The smallest absolute Gasteiger partial charge is 0.328 e. The molecule has 0 spiro atoms. The number of amides is 1. The van der Waals surface area contributed by atoms with Crippen molar-refractivity contribution in [1.29, 1.82) is 0 Å². The molecule has 0 saturated carbocycles. The van der Waals surface area contributed by atoms with Crippen LogP contribution in [0.1, 0.15) is 20.3 Å². The summed E-state index contributed by atoms with van der Waals surface area (Å²) in [7, 11) is 1.27. The average molecular weight is 361 g/mol. The zero-order valence-corrected chi connectivity index (χ0v) is 15.7. The van der Waals surface area contributed by atoms with Gasteiger partial charge in [0.25, 0.3) is 0 Å². The number of likely N-dealkylation sites (N-methyl/N-ethyl adjacent to an activating group) is 2. The second-order valence-electron chi connectivity index (χ2n) is 6.94. The third kappa shape index (κ3) is 3.57. The minimum absolute atomic E-state index is 0.0900. The molecule has 0 aliphatic carbocycles. The Morgan fingerprint density at radius 2 is 1.83 bits per heavy atom. The molecule has 0 bridgehead atoms. The molecule has 0 aromatic rings. The highest BCUT2D eigenvalue weighted by Gasteiger charge is 2.48. The van der Waals surface area contributed by atoms with Gasteiger partial charge >= 0.3 is 5.97 Å². The van der Waals surface area contributed by atoms with Gasteiger partial charge in [-0.1, -0.05) is 13.8 Å². The largest absolute Gasteiger partial charge is 0.467 e. The number of carbonyl (C=O) groups excluding carboxylic acids is 2. The van der Waals surface area contributed by atoms with E-state index in [4.69, 9.17) is 4.74 Å². The number of rotatable bonds is 6. The zero-order chi connectivity index (χ0) is 18.2. The molecule has 2 heterocycles. The fraction of sp³-hybridized carbons (Fsp3) is 0.867. The summed E-state index contributed by atoms with van der Waals surface area (Å²) in [6.45, 7) is 4.76. The Morgan fingerprint density at radius 1 is 1.25 bits per heavy atom. The van der Waals surface area contributed by atoms with Gasteiger partial charge in [0.2, 0.25) is 15.9 Å². The van der Waals surface area contributed by atoms with Crippen LogP contribution in [0, 0.1) is 11.8 Å². The lowest BCUT2D eigenvalue weighted by molar-refractivity contribution is -0.155. The normalized spacial score (nSPS) is 28.7. The van der Waals surface area contributed by atoms with Crippen molar-refractivity contribution in [3.63, 3.8) is 0 Å². The van der Waals surface area contributed by atoms with Crippen LogP contribution in [-0.2, 0) is 24.3 Å². The molecular weight excluding hydrogens is 334 g/mol. The number of nitrogens with zero attached hydrogens (tertiary/aromatic N) is 3. The van der Waals surface area contributed by atoms with Gasteiger partial charge in [0.1, 0.15) is 11.4 Å². The summed E-state index contributed by atoms with van der Waals surface area (Å²) in [6.07, 6.45) is 0.477. The fourth-order valence-corrected chi connectivity index (χ4v) is 5.25. The molecule has 2 rings (SSSR count). The van der Waals surface area contributed by atoms with E-state index in [0.29, 0.717) is 19.5 Å². The minimum Gasteiger partial charge on any atom is -0.467 e. The van der Waals surface area contributed by atoms with Crippen LogP contribution in [-0.4, -0.2) is 86.7 Å². The van der Waals surface area contributed by atoms with Gasteiger partial charge in [0, 0.05) is 26.7 Å². The lowest BCUT2D eigenvalue weighted by atomic mass is 10.00. The lowest BCUT2D eigenvalue weighted by Crippen LogP contribution is -2.49. The van der Waals surface area contributed by atoms with Gasteiger partial charge < -0.3 is 9.64 Å². The van der Waals surface area contributed by atoms with Crippen molar-refractivity contribution in [2.75, 3.05) is 40.8 Å². The number of methoxy groups -OCH3 is 1. The topological polar surface area (TPSA) is 87.0 Å². The summed E-state index contributed by atoms with van der Waals surface area (Å²) in [5.41, 5.74) is 0. The number of carbonyl (C=O) groups is 2. The second-order valence-corrected chi connectivity index (χ2v) is 9.03. The maximum absolute atomic E-state index is 12.7. The molecule has 1 amide bonds. The molecule has 0 N–H and O–H groups in total. The molecule has 1 unspecified atom stereocenters. The van der Waals surface area contributed by atoms with Crippen LogP contribution in [0.25, 0.3) is 0 Å². The first kappa shape index (κ1) is 19.1. The van der Waals surface area contributed by atoms with Crippen LogP contribution in [0.2, 0.25) is 0 Å². The highest BCUT2D eigenvalue weighted by Crippen LogP contribution is 2.29. The van der Waals surface area contributed by atoms with Gasteiger partial charge in [-0.05, 0) is 19.4 Å². The van der Waals surface area contributed by atoms with Crippen LogP contribution in [0.5, 0.6) is 0 Å². The maximum atomic E-state index is 12.7. The zero-order valence-electron chi connectivity index (χ0n) is 14.9. The highest BCUT2D eigenvalue weighted by atomic mass is 32.2. The molecule has 9 heteroatoms. The van der Waals surface area contributed by atoms with Crippen LogP contribution in [0.4, 0.5) is 0 Å². The van der Waals surface area contributed by atoms with Crippen LogP contribution >= 0.6 is 0 Å². The minimum atomic E-state index is -3.37. The molecule has 2 fully saturated rings. The molecule has 4 atom stereocenters. The van der Waals surface area contributed by atoms with E-state index >= 15 is 0 Å². The summed E-state index contributed by atoms with van der Waals surface area (Å²) in [5.74, 6) is -1.17. The van der Waals surface area contributed by atoms with Gasteiger partial charge in [-0.15, -0.1) is 0 Å². The van der Waals surface area contributed by atoms with E-state index in [1.807, 2.05) is 13.8 Å². The van der Waals surface area contributed by atoms with E-state index in [-0.39, 0.29) is 18.4 Å². The molecule has 0 aromatic carbocycles. The number of sulfonamides is 1. The van der Waals surface area contributed by atoms with Gasteiger partial charge in [-0.2, -0.15) is 4.31 Å². The summed E-state index contributed by atoms with van der Waals surface area (Å²) in [5, 5.41) is -0.456. The molecule has 0 radical (unpaired) electrons. The predicted molar refractivity (Wildman–Crippen MR) is 88.4 cm³/mol. The molecule has 8 nitrogen and oxygen atoms in total. The quantitative estimate of drug-likeness (QED) is 0.471. The Bertz CT molecular complexity index is 606. The number of hydrogen-bond acceptors (Lipinski definition) is 6. The van der Waals surface area contributed by atoms with E-state index in [9.17, 15) is 18.0 Å². The summed E-state index contributed by atoms with van der Waals surface area (Å²) < 4.78 is 31.0. The molecule has 24 heavy (non-hydrogen) atoms. The number of ether oxygens (including phenoxy) is 1. The van der Waals surface area contributed by atoms with E-state index in [0.717, 1.165) is 0 Å². The lowest BCUT2D eigenvalue weighted by Gasteiger charge is -2.30. The van der Waals surface area contributed by atoms with Gasteiger partial charge in [0.05, 0.1) is 13.0 Å². The molecule has 138 valence electrons. The Hall–Kier alpha value is -1.19. The van der Waals surface area contributed by atoms with Crippen LogP contribution in [0.15, 0.2) is 0 Å². The second kappa shape index (κ2) is 6.97. The van der Waals surface area contributed by atoms with Gasteiger partial charge in [-0.25, -0.2) is 13.2 Å². The summed E-state index contributed by atoms with van der Waals surface area (Å²) >= 11 is 0. The average Bonchev–Trinajstić information content (AvgIpc) is 3.06. The SMILES string of the molecule is COC(=O)[C@H](C(C)C)N(C)C(=O)[C@H]1CCN(S(=O)(=O)C2C[N@@]2C)C1. The van der Waals surface area contributed by atoms with Crippen molar-refractivity contribution >= 4 is 21.9 Å². The monoisotopic (exact) mass is 361 g/mol. The van der Waals surface area contributed by atoms with Crippen LogP contribution < -0.4 is 0 Å². The van der Waals surface area contributed by atoms with E-state index in [1.54, 1.807) is 19.0 Å². The van der Waals surface area contributed by atoms with E-state index < -0.39 is 33.3 Å². The van der Waals surface area contributed by atoms with Crippen molar-refractivity contribution in [3.8, 4) is 0 Å². The number of hydrogen-bond donors (Lipinski definition) is 0. The number of esters is 1. The molecule has 2 saturated heterocycles. The van der Waals surface area contributed by atoms with Crippen molar-refractivity contribution in [1.82, 2.24) is 14.1 Å². The third-order valence-corrected chi connectivity index (χ3v) is 7.09. The summed E-state index contributed by atoms with van der Waals surface area (Å²) in [4.78, 5) is 27.8. The Morgan fingerprint density at radius 3 is 2.29 bits per heavy atom. The Balaban J connectivity index is 2.04. The third-order valence-electron chi connectivity index (χ3n) is 4.85. The van der Waals surface area contributed by atoms with E-state index in [2.05, 4.69) is 0 Å². The van der Waals surface area contributed by atoms with Crippen molar-refractivity contribution in [2.45, 2.75) is 31.7 Å². The molecule has 0 aromatic heterocycles. The first-order valence-electron chi connectivity index (χ1n) is 8.15. The van der Waals surface area contributed by atoms with Crippen molar-refractivity contribution in [2.24, 2.45) is 11.8 Å². The maximum Gasteiger partial charge on any atom is 0.328 e. The molecular formula is C15H27N3O5S. The van der Waals surface area contributed by atoms with Crippen LogP contribution in [0.3, 0.4) is 0 Å². The Labute approximate surface area is 143 Å². The standard InChI is InChI=1S/C15H27N3O5S/c1-10(2)13(15(20)23-5)17(4)14(19)11-6-7-18(8-11)24(21,22)12-9-16(12)3/h10-13H,6-9H2,1-5H3/t11-,12?,13-,16+/m0/s1. The van der Waals surface area contributed by atoms with Crippen molar-refractivity contribution < 1.29 is 22.7 Å². The predicted octanol–water partition coefficient (Wildman–Crippen LogP) is -0.434. The molecule has 2 aliphatic heterocycles. The van der Waals surface area contributed by atoms with E-state index in [1.165, 1.54) is 16.3 Å². The van der Waals surface area contributed by atoms with Crippen molar-refractivity contribution in [3.05, 3.63) is 0 Å². The summed E-state index contributed by atoms with van der Waals surface area (Å²) in [6, 6.07) is -0.664. The molecule has 2 aliphatic rings. The van der Waals surface area contributed by atoms with Gasteiger partial charge in [-0.3, -0.25) is 9.69 Å².